The molecule has 8 heteroatoms. The monoisotopic (exact) mass is 308 g/mol. The fraction of sp³-hybridized carbons (Fsp3) is 0.786. The number of carbonyl (C=O) groups excluding carboxylic acids is 2. The van der Waals surface area contributed by atoms with Crippen LogP contribution in [-0.4, -0.2) is 44.5 Å². The molecular weight excluding hydrogens is 284 g/mol. The molecule has 3 N–H and O–H groups in total. The van der Waals surface area contributed by atoms with Crippen molar-refractivity contribution < 1.29 is 9.59 Å². The van der Waals surface area contributed by atoms with Crippen molar-refractivity contribution in [2.24, 2.45) is 11.7 Å². The molecule has 0 aromatic carbocycles. The van der Waals surface area contributed by atoms with Crippen molar-refractivity contribution in [2.75, 3.05) is 6.54 Å². The van der Waals surface area contributed by atoms with E-state index in [4.69, 9.17) is 5.73 Å². The van der Waals surface area contributed by atoms with Gasteiger partial charge in [-0.3, -0.25) is 9.59 Å². The molecule has 0 radical (unpaired) electrons. The summed E-state index contributed by atoms with van der Waals surface area (Å²) in [5.74, 6) is -0.0502. The number of nitrogens with one attached hydrogen (secondary N) is 1. The standard InChI is InChI=1S/C14H24N6O2/c15-8-4-3-7-12(13(21)9-20-17-10-16-19-20)18-14(22)11-5-1-2-6-11/h10-12H,1-9,15H2,(H,18,22)/t12-/m0/s1. The molecule has 1 fully saturated rings. The summed E-state index contributed by atoms with van der Waals surface area (Å²) in [7, 11) is 0. The van der Waals surface area contributed by atoms with Crippen LogP contribution in [0.3, 0.4) is 0 Å². The molecule has 0 aliphatic heterocycles. The number of tetrazole rings is 1. The topological polar surface area (TPSA) is 116 Å². The van der Waals surface area contributed by atoms with Crippen molar-refractivity contribution in [3.63, 3.8) is 0 Å². The summed E-state index contributed by atoms with van der Waals surface area (Å²) in [6.45, 7) is 0.611. The molecule has 1 atom stereocenters. The number of nitrogens with two attached hydrogens (primary N) is 1. The second-order valence-corrected chi connectivity index (χ2v) is 5.76. The van der Waals surface area contributed by atoms with Crippen molar-refractivity contribution in [1.29, 1.82) is 0 Å². The Morgan fingerprint density at radius 3 is 2.73 bits per heavy atom. The zero-order chi connectivity index (χ0) is 15.8. The van der Waals surface area contributed by atoms with Crippen molar-refractivity contribution in [3.05, 3.63) is 6.33 Å². The first-order valence-electron chi connectivity index (χ1n) is 7.94. The largest absolute Gasteiger partial charge is 0.346 e. The summed E-state index contributed by atoms with van der Waals surface area (Å²) in [4.78, 5) is 25.9. The average Bonchev–Trinajstić information content (AvgIpc) is 3.19. The lowest BCUT2D eigenvalue weighted by atomic mass is 10.0. The first-order chi connectivity index (χ1) is 10.7. The third-order valence-corrected chi connectivity index (χ3v) is 4.07. The fourth-order valence-corrected chi connectivity index (χ4v) is 2.79. The molecule has 0 bridgehead atoms. The highest BCUT2D eigenvalue weighted by Crippen LogP contribution is 2.25. The molecular formula is C14H24N6O2. The van der Waals surface area contributed by atoms with Crippen LogP contribution < -0.4 is 11.1 Å². The minimum atomic E-state index is -0.495. The van der Waals surface area contributed by atoms with E-state index >= 15 is 0 Å². The molecule has 1 aromatic heterocycles. The van der Waals surface area contributed by atoms with Gasteiger partial charge in [0.05, 0.1) is 6.04 Å². The Labute approximate surface area is 129 Å². The van der Waals surface area contributed by atoms with Gasteiger partial charge in [-0.25, -0.2) is 0 Å². The van der Waals surface area contributed by atoms with Gasteiger partial charge < -0.3 is 11.1 Å². The van der Waals surface area contributed by atoms with Gasteiger partial charge in [0.1, 0.15) is 6.54 Å². The van der Waals surface area contributed by atoms with E-state index in [1.807, 2.05) is 0 Å². The van der Waals surface area contributed by atoms with Gasteiger partial charge in [-0.05, 0) is 43.9 Å². The summed E-state index contributed by atoms with van der Waals surface area (Å²) in [5, 5.41) is 14.0. The lowest BCUT2D eigenvalue weighted by Crippen LogP contribution is -2.44. The van der Waals surface area contributed by atoms with Crippen LogP contribution in [0.4, 0.5) is 0 Å². The zero-order valence-corrected chi connectivity index (χ0v) is 12.8. The van der Waals surface area contributed by atoms with E-state index in [2.05, 4.69) is 20.7 Å². The van der Waals surface area contributed by atoms with E-state index in [9.17, 15) is 9.59 Å². The summed E-state index contributed by atoms with van der Waals surface area (Å²) >= 11 is 0. The van der Waals surface area contributed by atoms with Gasteiger partial charge in [-0.15, -0.1) is 10.2 Å². The highest BCUT2D eigenvalue weighted by molar-refractivity contribution is 5.89. The van der Waals surface area contributed by atoms with Crippen LogP contribution in [0.2, 0.25) is 0 Å². The summed E-state index contributed by atoms with van der Waals surface area (Å²) in [6.07, 6.45) is 7.55. The SMILES string of the molecule is NCCCC[C@H](NC(=O)C1CCCC1)C(=O)Cn1ncnn1. The van der Waals surface area contributed by atoms with E-state index in [-0.39, 0.29) is 24.2 Å². The third-order valence-electron chi connectivity index (χ3n) is 4.07. The molecule has 2 rings (SSSR count). The maximum atomic E-state index is 12.4. The number of ketones is 1. The highest BCUT2D eigenvalue weighted by Gasteiger charge is 2.27. The van der Waals surface area contributed by atoms with Crippen LogP contribution in [0.5, 0.6) is 0 Å². The molecule has 1 aliphatic rings. The van der Waals surface area contributed by atoms with Crippen LogP contribution in [0.1, 0.15) is 44.9 Å². The van der Waals surface area contributed by atoms with Gasteiger partial charge in [-0.1, -0.05) is 12.8 Å². The van der Waals surface area contributed by atoms with Gasteiger partial charge in [0, 0.05) is 5.92 Å². The smallest absolute Gasteiger partial charge is 0.223 e. The molecule has 1 amide bonds. The van der Waals surface area contributed by atoms with Crippen LogP contribution in [0, 0.1) is 5.92 Å². The number of aromatic nitrogens is 4. The summed E-state index contributed by atoms with van der Waals surface area (Å²) in [5.41, 5.74) is 5.50. The van der Waals surface area contributed by atoms with Gasteiger partial charge in [0.15, 0.2) is 12.1 Å². The Hall–Kier alpha value is -1.83. The number of rotatable bonds is 9. The summed E-state index contributed by atoms with van der Waals surface area (Å²) in [6, 6.07) is -0.495. The second-order valence-electron chi connectivity index (χ2n) is 5.76. The summed E-state index contributed by atoms with van der Waals surface area (Å²) < 4.78 is 0. The van der Waals surface area contributed by atoms with Crippen molar-refractivity contribution in [1.82, 2.24) is 25.5 Å². The van der Waals surface area contributed by atoms with Crippen LogP contribution in [0.15, 0.2) is 6.33 Å². The van der Waals surface area contributed by atoms with Gasteiger partial charge in [0.25, 0.3) is 0 Å². The number of hydrogen-bond acceptors (Lipinski definition) is 6. The van der Waals surface area contributed by atoms with Crippen molar-refractivity contribution in [3.8, 4) is 0 Å². The normalized spacial score (nSPS) is 16.6. The minimum absolute atomic E-state index is 0.00449. The maximum absolute atomic E-state index is 12.4. The number of amides is 1. The van der Waals surface area contributed by atoms with Crippen LogP contribution >= 0.6 is 0 Å². The maximum Gasteiger partial charge on any atom is 0.223 e. The van der Waals surface area contributed by atoms with E-state index < -0.39 is 6.04 Å². The third kappa shape index (κ3) is 4.87. The molecule has 122 valence electrons. The van der Waals surface area contributed by atoms with Crippen molar-refractivity contribution in [2.45, 2.75) is 57.5 Å². The fourth-order valence-electron chi connectivity index (χ4n) is 2.79. The predicted octanol–water partition coefficient (Wildman–Crippen LogP) is 0.0462. The molecule has 1 aliphatic carbocycles. The van der Waals surface area contributed by atoms with Crippen molar-refractivity contribution >= 4 is 11.7 Å². The van der Waals surface area contributed by atoms with E-state index in [1.54, 1.807) is 0 Å². The Morgan fingerprint density at radius 2 is 2.09 bits per heavy atom. The molecule has 0 saturated heterocycles. The Morgan fingerprint density at radius 1 is 1.32 bits per heavy atom. The zero-order valence-electron chi connectivity index (χ0n) is 12.8. The molecule has 1 aromatic rings. The average molecular weight is 308 g/mol. The highest BCUT2D eigenvalue weighted by atomic mass is 16.2. The van der Waals surface area contributed by atoms with E-state index in [0.717, 1.165) is 38.5 Å². The minimum Gasteiger partial charge on any atom is -0.346 e. The lowest BCUT2D eigenvalue weighted by Gasteiger charge is -2.19. The number of carbonyl (C=O) groups is 2. The predicted molar refractivity (Wildman–Crippen MR) is 79.6 cm³/mol. The number of Topliss-reactive ketones (excluding diaryl/α,β-unsaturated/α-hetero) is 1. The van der Waals surface area contributed by atoms with Gasteiger partial charge in [0.2, 0.25) is 5.91 Å². The van der Waals surface area contributed by atoms with Crippen LogP contribution in [-0.2, 0) is 16.1 Å². The first-order valence-corrected chi connectivity index (χ1v) is 7.94. The van der Waals surface area contributed by atoms with E-state index in [1.165, 1.54) is 11.1 Å². The number of hydrogen-bond donors (Lipinski definition) is 2. The number of nitrogens with zero attached hydrogens (tertiary/aromatic N) is 4. The van der Waals surface area contributed by atoms with Gasteiger partial charge in [-0.2, -0.15) is 4.80 Å². The van der Waals surface area contributed by atoms with Gasteiger partial charge >= 0.3 is 0 Å². The number of unbranched alkanes of at least 4 members (excludes halogenated alkanes) is 1. The Balaban J connectivity index is 1.91. The molecule has 0 spiro atoms. The molecule has 8 nitrogen and oxygen atoms in total. The lowest BCUT2D eigenvalue weighted by molar-refractivity contribution is -0.130. The Bertz CT molecular complexity index is 470. The van der Waals surface area contributed by atoms with Crippen LogP contribution in [0.25, 0.3) is 0 Å². The van der Waals surface area contributed by atoms with E-state index in [0.29, 0.717) is 13.0 Å². The molecule has 0 unspecified atom stereocenters. The Kier molecular flexibility index (Phi) is 6.45. The second kappa shape index (κ2) is 8.57. The first kappa shape index (κ1) is 16.5. The molecule has 1 heterocycles. The molecule has 22 heavy (non-hydrogen) atoms. The molecule has 1 saturated carbocycles. The quantitative estimate of drug-likeness (QED) is 0.623.